The number of halogens is 6. The molecule has 0 atom stereocenters. The monoisotopic (exact) mass is 1650 g/mol. The van der Waals surface area contributed by atoms with E-state index in [0.717, 1.165) is 110 Å². The van der Waals surface area contributed by atoms with Crippen molar-refractivity contribution in [2.75, 3.05) is 7.11 Å². The molecule has 0 amide bonds. The second kappa shape index (κ2) is 53.9. The third kappa shape index (κ3) is 40.4. The summed E-state index contributed by atoms with van der Waals surface area (Å²) in [5.74, 6) is 9.05. The van der Waals surface area contributed by atoms with Gasteiger partial charge in [0.2, 0.25) is 5.88 Å². The van der Waals surface area contributed by atoms with Crippen LogP contribution in [-0.2, 0) is 24.4 Å². The molecule has 10 rings (SSSR count). The van der Waals surface area contributed by atoms with E-state index in [4.69, 9.17) is 4.74 Å². The summed E-state index contributed by atoms with van der Waals surface area (Å²) in [5, 5.41) is 0. The number of rotatable bonds is 16. The number of aromatic nitrogens is 16. The van der Waals surface area contributed by atoms with E-state index in [-0.39, 0.29) is 28.6 Å². The first kappa shape index (κ1) is 107. The average molecular weight is 1650 g/mol. The van der Waals surface area contributed by atoms with Gasteiger partial charge in [0.25, 0.3) is 6.43 Å². The molecule has 10 aromatic rings. The molecule has 0 saturated carbocycles. The molecule has 654 valence electrons. The topological polar surface area (TPSA) is 215 Å². The SMILES string of the molecule is CC(C)c1cccc(C(F)F)c1.CC(C)c1ccccc1C(F)(F)F.CC(C)c1ccnc(C(C)(C)C)n1.CC(C)c1nccnc1C(C)C.CCc1cc(C(C)C)nc(C)n1.CCc1nccnc1C(C)C.COc1nccnc1C(C)C.Cc1nc(C(C)C)cc(C(C)C)n1.Cc1ncc(C)c(C(C)C)n1.Cc1ncc(F)c(C(C)C)n1. The fraction of sp³-hybridized carbons (Fsp3) is 0.542. The lowest BCUT2D eigenvalue weighted by Crippen LogP contribution is -2.16. The molecule has 0 fully saturated rings. The van der Waals surface area contributed by atoms with Crippen LogP contribution in [0.2, 0.25) is 0 Å². The number of ether oxygens (including phenoxy) is 1. The minimum atomic E-state index is -4.24. The van der Waals surface area contributed by atoms with Crippen LogP contribution in [0, 0.1) is 40.4 Å². The average Bonchev–Trinajstić information content (AvgIpc) is 0.826. The third-order valence-corrected chi connectivity index (χ3v) is 17.7. The molecule has 8 aromatic heterocycles. The highest BCUT2D eigenvalue weighted by molar-refractivity contribution is 5.32. The molecular formula is C96H142F6N16O. The number of methoxy groups -OCH3 is 1. The van der Waals surface area contributed by atoms with Crippen LogP contribution in [0.4, 0.5) is 26.3 Å². The number of aryl methyl sites for hydroxylation is 7. The van der Waals surface area contributed by atoms with Crippen molar-refractivity contribution in [3.63, 3.8) is 0 Å². The van der Waals surface area contributed by atoms with E-state index in [1.807, 2.05) is 73.0 Å². The normalized spacial score (nSPS) is 11.1. The molecule has 2 aromatic carbocycles. The zero-order valence-corrected chi connectivity index (χ0v) is 78.3. The van der Waals surface area contributed by atoms with Crippen LogP contribution >= 0.6 is 0 Å². The maximum absolute atomic E-state index is 12.9. The molecule has 0 saturated heterocycles. The highest BCUT2D eigenvalue weighted by Crippen LogP contribution is 2.35. The van der Waals surface area contributed by atoms with Gasteiger partial charge >= 0.3 is 6.18 Å². The summed E-state index contributed by atoms with van der Waals surface area (Å²) in [6.45, 7) is 70.1. The quantitative estimate of drug-likeness (QED) is 0.0822. The molecule has 0 bridgehead atoms. The number of nitrogens with zero attached hydrogens (tertiary/aromatic N) is 16. The predicted octanol–water partition coefficient (Wildman–Crippen LogP) is 26.7. The summed E-state index contributed by atoms with van der Waals surface area (Å²) < 4.78 is 79.6. The highest BCUT2D eigenvalue weighted by Gasteiger charge is 2.33. The summed E-state index contributed by atoms with van der Waals surface area (Å²) in [6.07, 6.45) is 10.7. The molecule has 0 spiro atoms. The smallest absolute Gasteiger partial charge is 0.416 e. The van der Waals surface area contributed by atoms with Crippen molar-refractivity contribution >= 4 is 0 Å². The number of hydrogen-bond acceptors (Lipinski definition) is 17. The molecule has 0 aliphatic carbocycles. The summed E-state index contributed by atoms with van der Waals surface area (Å²) in [7, 11) is 1.61. The van der Waals surface area contributed by atoms with E-state index < -0.39 is 18.2 Å². The molecule has 0 aliphatic heterocycles. The first-order chi connectivity index (χ1) is 55.4. The molecule has 8 heterocycles. The number of benzene rings is 2. The van der Waals surface area contributed by atoms with Crippen LogP contribution in [0.5, 0.6) is 5.88 Å². The molecule has 0 unspecified atom stereocenters. The maximum Gasteiger partial charge on any atom is 0.416 e. The van der Waals surface area contributed by atoms with Crippen molar-refractivity contribution in [2.24, 2.45) is 0 Å². The minimum Gasteiger partial charge on any atom is -0.480 e. The Morgan fingerprint density at radius 2 is 0.782 bits per heavy atom. The summed E-state index contributed by atoms with van der Waals surface area (Å²) in [4.78, 5) is 67.9. The summed E-state index contributed by atoms with van der Waals surface area (Å²) in [5.41, 5.74) is 15.0. The van der Waals surface area contributed by atoms with Crippen molar-refractivity contribution in [1.29, 1.82) is 0 Å². The van der Waals surface area contributed by atoms with Gasteiger partial charge in [0.1, 0.15) is 34.8 Å². The van der Waals surface area contributed by atoms with Gasteiger partial charge < -0.3 is 4.74 Å². The molecule has 119 heavy (non-hydrogen) atoms. The second-order valence-electron chi connectivity index (χ2n) is 33.6. The van der Waals surface area contributed by atoms with E-state index >= 15 is 0 Å². The lowest BCUT2D eigenvalue weighted by molar-refractivity contribution is -0.138. The van der Waals surface area contributed by atoms with Gasteiger partial charge in [-0.25, -0.2) is 68.0 Å². The van der Waals surface area contributed by atoms with Crippen molar-refractivity contribution in [2.45, 2.75) is 337 Å². The van der Waals surface area contributed by atoms with E-state index in [9.17, 15) is 26.3 Å². The van der Waals surface area contributed by atoms with E-state index in [0.29, 0.717) is 82.1 Å². The van der Waals surface area contributed by atoms with E-state index in [1.165, 1.54) is 30.0 Å². The summed E-state index contributed by atoms with van der Waals surface area (Å²) in [6, 6.07) is 18.4. The van der Waals surface area contributed by atoms with Crippen molar-refractivity contribution in [3.8, 4) is 5.88 Å². The van der Waals surface area contributed by atoms with Gasteiger partial charge in [-0.05, 0) is 160 Å². The van der Waals surface area contributed by atoms with Gasteiger partial charge in [0, 0.05) is 101 Å². The van der Waals surface area contributed by atoms with Gasteiger partial charge in [0.15, 0.2) is 5.82 Å². The molecule has 0 N–H and O–H groups in total. The molecule has 23 heteroatoms. The van der Waals surface area contributed by atoms with Gasteiger partial charge in [-0.2, -0.15) is 13.2 Å². The second-order valence-corrected chi connectivity index (χ2v) is 33.6. The Kier molecular flexibility index (Phi) is 48.7. The van der Waals surface area contributed by atoms with Crippen LogP contribution in [0.1, 0.15) is 403 Å². The highest BCUT2D eigenvalue weighted by atomic mass is 19.4. The lowest BCUT2D eigenvalue weighted by atomic mass is 9.95. The fourth-order valence-electron chi connectivity index (χ4n) is 11.0. The van der Waals surface area contributed by atoms with Gasteiger partial charge in [-0.1, -0.05) is 237 Å². The van der Waals surface area contributed by atoms with Gasteiger partial charge in [0.05, 0.1) is 47.3 Å². The van der Waals surface area contributed by atoms with Crippen molar-refractivity contribution < 1.29 is 31.1 Å². The van der Waals surface area contributed by atoms with E-state index in [1.54, 1.807) is 83.3 Å². The van der Waals surface area contributed by atoms with Crippen LogP contribution in [-0.4, -0.2) is 86.9 Å². The maximum atomic E-state index is 12.9. The predicted molar refractivity (Wildman–Crippen MR) is 476 cm³/mol. The Morgan fingerprint density at radius 1 is 0.353 bits per heavy atom. The zero-order chi connectivity index (χ0) is 90.9. The largest absolute Gasteiger partial charge is 0.480 e. The molecule has 0 radical (unpaired) electrons. The van der Waals surface area contributed by atoms with Crippen LogP contribution in [0.15, 0.2) is 123 Å². The first-order valence-electron chi connectivity index (χ1n) is 41.8. The Labute approximate surface area is 711 Å². The molecule has 0 aliphatic rings. The standard InChI is InChI=1S/2C11H18N2.C10H11F3.C10H12F2.2C10H16N2.2C9H14N2.C8H11FN2.C8H12N2O/c1-8(2)9-6-7-12-10(13-9)11(3,4)5;1-7(2)10-6-11(8(3)4)13-9(5)12-10;1-7(2)8-5-3-4-6-9(8)10(11,12)13;1-7(2)8-4-3-5-9(6-8)10(11)12;1-7(2)9-10(8(3)4)12-6-5-11-9;1-5-9-6-10(7(2)3)12-8(4)11-9;1-6(2)9-7(3)5-10-8(4)11-9;1-4-8-9(7(2)3)11-6-5-10-8;1-5(2)8-7(9)4-10-6(3)11-8;1-6(2)7-8(11-3)10-5-4-9-7/h2*6-8H,1-5H3;3-7H,1-2H3;3-7,10H,1-2H3;5-8H,1-4H3;6-7H,5H2,1-4H3;5-6H,1-4H3;5-7H,4H2,1-3H3;4-5H,1-3H3;4-6H,1-3H3. The number of hydrogen-bond donors (Lipinski definition) is 0. The van der Waals surface area contributed by atoms with Crippen LogP contribution in [0.25, 0.3) is 0 Å². The molecule has 17 nitrogen and oxygen atoms in total. The van der Waals surface area contributed by atoms with Gasteiger partial charge in [-0.3, -0.25) is 24.9 Å². The van der Waals surface area contributed by atoms with Crippen LogP contribution < -0.4 is 4.74 Å². The third-order valence-electron chi connectivity index (χ3n) is 17.7. The summed E-state index contributed by atoms with van der Waals surface area (Å²) >= 11 is 0. The zero-order valence-electron chi connectivity index (χ0n) is 78.3. The Morgan fingerprint density at radius 3 is 1.17 bits per heavy atom. The van der Waals surface area contributed by atoms with Crippen molar-refractivity contribution in [3.05, 3.63) is 254 Å². The molecular weight excluding hydrogens is 1510 g/mol. The van der Waals surface area contributed by atoms with E-state index in [2.05, 4.69) is 258 Å². The first-order valence-corrected chi connectivity index (χ1v) is 41.8. The Bertz CT molecular complexity index is 4330. The lowest BCUT2D eigenvalue weighted by Gasteiger charge is -2.17. The Balaban J connectivity index is 0.000000662. The number of alkyl halides is 5. The Hall–Kier alpha value is -9.54. The minimum absolute atomic E-state index is 0.0465. The van der Waals surface area contributed by atoms with Gasteiger partial charge in [-0.15, -0.1) is 0 Å². The van der Waals surface area contributed by atoms with Crippen LogP contribution in [0.3, 0.4) is 0 Å². The van der Waals surface area contributed by atoms with Crippen molar-refractivity contribution in [1.82, 2.24) is 79.7 Å². The fourth-order valence-corrected chi connectivity index (χ4v) is 11.0.